The molecule has 0 radical (unpaired) electrons. The molecule has 2 heterocycles. The van der Waals surface area contributed by atoms with E-state index in [2.05, 4.69) is 4.98 Å². The number of aromatic nitrogens is 2. The minimum atomic E-state index is -4.74. The van der Waals surface area contributed by atoms with E-state index in [4.69, 9.17) is 17.3 Å². The van der Waals surface area contributed by atoms with Gasteiger partial charge in [-0.2, -0.15) is 17.9 Å². The zero-order chi connectivity index (χ0) is 23.5. The molecule has 1 saturated carbocycles. The van der Waals surface area contributed by atoms with Crippen LogP contribution in [0.4, 0.5) is 18.9 Å². The molecule has 0 unspecified atom stereocenters. The van der Waals surface area contributed by atoms with Crippen molar-refractivity contribution < 1.29 is 21.6 Å². The van der Waals surface area contributed by atoms with Gasteiger partial charge in [-0.05, 0) is 51.3 Å². The van der Waals surface area contributed by atoms with E-state index in [0.717, 1.165) is 33.1 Å². The van der Waals surface area contributed by atoms with Gasteiger partial charge in [0.25, 0.3) is 0 Å². The van der Waals surface area contributed by atoms with E-state index in [-0.39, 0.29) is 10.9 Å². The second kappa shape index (κ2) is 7.64. The summed E-state index contributed by atoms with van der Waals surface area (Å²) < 4.78 is 68.3. The molecule has 3 N–H and O–H groups in total. The fourth-order valence-corrected chi connectivity index (χ4v) is 5.28. The predicted octanol–water partition coefficient (Wildman–Crippen LogP) is 5.28. The van der Waals surface area contributed by atoms with Crippen molar-refractivity contribution in [1.82, 2.24) is 14.3 Å². The molecule has 0 saturated heterocycles. The average Bonchev–Trinajstić information content (AvgIpc) is 2.91. The second-order valence-electron chi connectivity index (χ2n) is 8.49. The molecule has 1 aromatic carbocycles. The first-order chi connectivity index (χ1) is 14.8. The zero-order valence-electron chi connectivity index (χ0n) is 17.4. The fraction of sp³-hybridized carbons (Fsp3) is 0.381. The van der Waals surface area contributed by atoms with Gasteiger partial charge in [0.15, 0.2) is 0 Å². The molecule has 0 amide bonds. The summed E-state index contributed by atoms with van der Waals surface area (Å²) in [5, 5.41) is 1.14. The lowest BCUT2D eigenvalue weighted by atomic mass is 9.92. The van der Waals surface area contributed by atoms with Crippen molar-refractivity contribution in [1.29, 1.82) is 0 Å². The molecular weight excluding hydrogens is 465 g/mol. The van der Waals surface area contributed by atoms with E-state index < -0.39 is 21.7 Å². The Morgan fingerprint density at radius 2 is 1.81 bits per heavy atom. The summed E-state index contributed by atoms with van der Waals surface area (Å²) >= 11 is 6.10. The molecule has 1 aliphatic carbocycles. The largest absolute Gasteiger partial charge is 0.407 e. The van der Waals surface area contributed by atoms with Gasteiger partial charge in [0.1, 0.15) is 11.2 Å². The topological polar surface area (TPSA) is 90.0 Å². The Hall–Kier alpha value is -2.30. The number of alkyl halides is 3. The third-order valence-electron chi connectivity index (χ3n) is 5.82. The maximum atomic E-state index is 13.1. The van der Waals surface area contributed by atoms with Crippen LogP contribution in [-0.2, 0) is 10.0 Å². The average molecular weight is 487 g/mol. The first-order valence-corrected chi connectivity index (χ1v) is 11.8. The monoisotopic (exact) mass is 486 g/mol. The Bertz CT molecular complexity index is 1280. The van der Waals surface area contributed by atoms with E-state index >= 15 is 0 Å². The first-order valence-electron chi connectivity index (χ1n) is 9.98. The number of hydrogen-bond donors (Lipinski definition) is 2. The van der Waals surface area contributed by atoms with Crippen LogP contribution in [0.2, 0.25) is 5.02 Å². The van der Waals surface area contributed by atoms with Crippen LogP contribution in [0.15, 0.2) is 41.4 Å². The Morgan fingerprint density at radius 3 is 2.34 bits per heavy atom. The van der Waals surface area contributed by atoms with Gasteiger partial charge >= 0.3 is 6.18 Å². The highest BCUT2D eigenvalue weighted by molar-refractivity contribution is 7.89. The van der Waals surface area contributed by atoms with E-state index in [1.807, 2.05) is 4.57 Å². The Morgan fingerprint density at radius 1 is 1.19 bits per heavy atom. The Balaban J connectivity index is 1.76. The van der Waals surface area contributed by atoms with Crippen molar-refractivity contribution in [3.63, 3.8) is 0 Å². The highest BCUT2D eigenvalue weighted by Crippen LogP contribution is 2.44. The molecule has 32 heavy (non-hydrogen) atoms. The Labute approximate surface area is 188 Å². The lowest BCUT2D eigenvalue weighted by Gasteiger charge is -2.30. The molecule has 2 aromatic heterocycles. The molecule has 0 bridgehead atoms. The van der Waals surface area contributed by atoms with Gasteiger partial charge in [-0.15, -0.1) is 0 Å². The molecule has 172 valence electrons. The first kappa shape index (κ1) is 22.9. The summed E-state index contributed by atoms with van der Waals surface area (Å²) in [7, 11) is -4.40. The van der Waals surface area contributed by atoms with E-state index in [9.17, 15) is 21.6 Å². The highest BCUT2D eigenvalue weighted by Gasteiger charge is 2.49. The summed E-state index contributed by atoms with van der Waals surface area (Å²) in [4.78, 5) is 4.18. The molecule has 1 fully saturated rings. The number of halogens is 4. The van der Waals surface area contributed by atoms with Gasteiger partial charge in [0.05, 0.1) is 21.3 Å². The van der Waals surface area contributed by atoms with Crippen LogP contribution in [-0.4, -0.2) is 29.7 Å². The normalized spacial score (nSPS) is 15.8. The minimum absolute atomic E-state index is 0.205. The zero-order valence-corrected chi connectivity index (χ0v) is 18.9. The quantitative estimate of drug-likeness (QED) is 0.513. The van der Waals surface area contributed by atoms with Gasteiger partial charge < -0.3 is 10.3 Å². The fourth-order valence-electron chi connectivity index (χ4n) is 3.73. The van der Waals surface area contributed by atoms with E-state index in [1.54, 1.807) is 17.0 Å². The molecule has 3 aromatic rings. The number of nitrogen functional groups attached to an aromatic ring is 1. The van der Waals surface area contributed by atoms with Crippen molar-refractivity contribution in [2.45, 2.75) is 55.8 Å². The molecular formula is C21H22ClF3N4O2S. The lowest BCUT2D eigenvalue weighted by Crippen LogP contribution is -2.54. The van der Waals surface area contributed by atoms with Crippen LogP contribution in [0.25, 0.3) is 22.3 Å². The van der Waals surface area contributed by atoms with Crippen LogP contribution in [0.3, 0.4) is 0 Å². The van der Waals surface area contributed by atoms with Crippen molar-refractivity contribution >= 4 is 38.3 Å². The Kier molecular flexibility index (Phi) is 5.46. The van der Waals surface area contributed by atoms with Crippen LogP contribution in [0, 0.1) is 0 Å². The van der Waals surface area contributed by atoms with Crippen molar-refractivity contribution in [3.05, 3.63) is 41.6 Å². The molecule has 6 nitrogen and oxygen atoms in total. The lowest BCUT2D eigenvalue weighted by molar-refractivity contribution is -0.180. The van der Waals surface area contributed by atoms with Crippen molar-refractivity contribution in [3.8, 4) is 11.3 Å². The molecule has 0 atom stereocenters. The summed E-state index contributed by atoms with van der Waals surface area (Å²) in [6.45, 7) is 1.55. The molecule has 0 spiro atoms. The predicted molar refractivity (Wildman–Crippen MR) is 118 cm³/mol. The van der Waals surface area contributed by atoms with Crippen LogP contribution >= 0.6 is 11.6 Å². The minimum Gasteiger partial charge on any atom is -0.396 e. The van der Waals surface area contributed by atoms with Crippen molar-refractivity contribution in [2.75, 3.05) is 5.73 Å². The summed E-state index contributed by atoms with van der Waals surface area (Å²) in [5.74, 6) is 0. The van der Waals surface area contributed by atoms with Gasteiger partial charge in [0, 0.05) is 23.2 Å². The van der Waals surface area contributed by atoms with Gasteiger partial charge in [-0.25, -0.2) is 13.4 Å². The summed E-state index contributed by atoms with van der Waals surface area (Å²) in [6, 6.07) is 7.56. The second-order valence-corrected chi connectivity index (χ2v) is 10.6. The number of benzene rings is 1. The number of nitrogens with zero attached hydrogens (tertiary/aromatic N) is 2. The number of sulfonamides is 1. The number of nitrogens with two attached hydrogens (primary N) is 1. The van der Waals surface area contributed by atoms with Crippen molar-refractivity contribution in [2.24, 2.45) is 0 Å². The van der Waals surface area contributed by atoms with Gasteiger partial charge in [-0.1, -0.05) is 23.7 Å². The van der Waals surface area contributed by atoms with Crippen LogP contribution in [0.1, 0.15) is 39.2 Å². The van der Waals surface area contributed by atoms with Crippen LogP contribution in [0.5, 0.6) is 0 Å². The molecule has 11 heteroatoms. The molecule has 1 aliphatic rings. The highest BCUT2D eigenvalue weighted by atomic mass is 35.5. The number of nitrogens with one attached hydrogen (secondary N) is 1. The van der Waals surface area contributed by atoms with E-state index in [1.165, 1.54) is 24.3 Å². The number of rotatable bonds is 5. The maximum absolute atomic E-state index is 13.1. The van der Waals surface area contributed by atoms with Crippen LogP contribution < -0.4 is 10.5 Å². The third kappa shape index (κ3) is 3.84. The number of fused-ring (bicyclic) bond motifs is 1. The molecule has 4 rings (SSSR count). The molecule has 0 aliphatic heterocycles. The smallest absolute Gasteiger partial charge is 0.396 e. The maximum Gasteiger partial charge on any atom is 0.407 e. The van der Waals surface area contributed by atoms with Gasteiger partial charge in [-0.3, -0.25) is 0 Å². The third-order valence-corrected chi connectivity index (χ3v) is 7.70. The SMILES string of the molecule is CC(C)(NS(=O)(=O)c1ccc(-c2c(N)c3cc(Cl)cnc3n2C2CCC2)cc1)C(F)(F)F. The summed E-state index contributed by atoms with van der Waals surface area (Å²) in [5.41, 5.74) is 6.30. The summed E-state index contributed by atoms with van der Waals surface area (Å²) in [6.07, 6.45) is -0.194. The standard InChI is InChI=1S/C21H22ClF3N4O2S/c1-20(2,21(23,24)25)28-32(30,31)15-8-6-12(7-9-15)18-17(26)16-10-13(22)11-27-19(16)29(18)14-4-3-5-14/h6-11,14,28H,3-5,26H2,1-2H3. The van der Waals surface area contributed by atoms with Gasteiger partial charge in [0.2, 0.25) is 10.0 Å². The van der Waals surface area contributed by atoms with E-state index in [0.29, 0.717) is 33.0 Å². The number of hydrogen-bond acceptors (Lipinski definition) is 4. The number of anilines is 1. The number of pyridine rings is 1.